The Hall–Kier alpha value is -1.87. The van der Waals surface area contributed by atoms with E-state index in [4.69, 9.17) is 4.74 Å². The van der Waals surface area contributed by atoms with Crippen molar-refractivity contribution in [3.05, 3.63) is 47.8 Å². The average Bonchev–Trinajstić information content (AvgIpc) is 2.86. The van der Waals surface area contributed by atoms with Crippen molar-refractivity contribution < 1.29 is 9.84 Å². The van der Waals surface area contributed by atoms with Gasteiger partial charge in [-0.2, -0.15) is 0 Å². The van der Waals surface area contributed by atoms with Crippen LogP contribution in [0.2, 0.25) is 0 Å². The highest BCUT2D eigenvalue weighted by atomic mass is 16.5. The van der Waals surface area contributed by atoms with Crippen LogP contribution in [0.1, 0.15) is 25.0 Å². The number of hydrogen-bond acceptors (Lipinski definition) is 3. The van der Waals surface area contributed by atoms with E-state index in [-0.39, 0.29) is 0 Å². The molecule has 0 spiro atoms. The number of aromatic nitrogens is 1. The van der Waals surface area contributed by atoms with Crippen molar-refractivity contribution in [2.75, 3.05) is 6.61 Å². The minimum atomic E-state index is -0.887. The van der Waals surface area contributed by atoms with Crippen LogP contribution in [0.15, 0.2) is 36.7 Å². The zero-order valence-corrected chi connectivity index (χ0v) is 11.2. The van der Waals surface area contributed by atoms with Gasteiger partial charge in [0.15, 0.2) is 0 Å². The van der Waals surface area contributed by atoms with Gasteiger partial charge >= 0.3 is 0 Å². The molecule has 2 aromatic rings. The highest BCUT2D eigenvalue weighted by Crippen LogP contribution is 2.37. The van der Waals surface area contributed by atoms with Crippen molar-refractivity contribution in [3.8, 4) is 16.9 Å². The number of ether oxygens (including phenoxy) is 1. The van der Waals surface area contributed by atoms with Gasteiger partial charge in [-0.3, -0.25) is 4.98 Å². The van der Waals surface area contributed by atoms with E-state index >= 15 is 0 Å². The van der Waals surface area contributed by atoms with Crippen LogP contribution in [0.4, 0.5) is 0 Å². The van der Waals surface area contributed by atoms with Gasteiger partial charge in [0.25, 0.3) is 0 Å². The lowest BCUT2D eigenvalue weighted by atomic mass is 9.96. The predicted octanol–water partition coefficient (Wildman–Crippen LogP) is 2.91. The minimum Gasteiger partial charge on any atom is -0.492 e. The largest absolute Gasteiger partial charge is 0.492 e. The molecule has 0 bridgehead atoms. The van der Waals surface area contributed by atoms with Gasteiger partial charge in [-0.15, -0.1) is 0 Å². The Morgan fingerprint density at radius 2 is 2.11 bits per heavy atom. The van der Waals surface area contributed by atoms with Gasteiger partial charge in [0.05, 0.1) is 12.2 Å². The molecule has 3 heteroatoms. The molecule has 1 aromatic carbocycles. The van der Waals surface area contributed by atoms with E-state index in [1.807, 2.05) is 24.4 Å². The number of aliphatic hydroxyl groups is 1. The van der Waals surface area contributed by atoms with Gasteiger partial charge in [0.1, 0.15) is 5.75 Å². The molecule has 0 radical (unpaired) electrons. The summed E-state index contributed by atoms with van der Waals surface area (Å²) in [7, 11) is 0. The third kappa shape index (κ3) is 2.22. The van der Waals surface area contributed by atoms with Gasteiger partial charge in [0.2, 0.25) is 0 Å². The molecule has 0 atom stereocenters. The standard InChI is InChI=1S/C16H17NO2/c1-16(2,18)13-8-12(9-17-10-13)14-5-3-4-11-6-7-19-15(11)14/h3-5,8-10,18H,6-7H2,1-2H3. The summed E-state index contributed by atoms with van der Waals surface area (Å²) < 4.78 is 5.72. The Morgan fingerprint density at radius 3 is 2.89 bits per heavy atom. The molecule has 0 saturated carbocycles. The smallest absolute Gasteiger partial charge is 0.130 e. The van der Waals surface area contributed by atoms with Gasteiger partial charge in [0, 0.05) is 35.5 Å². The summed E-state index contributed by atoms with van der Waals surface area (Å²) in [4.78, 5) is 4.24. The molecule has 0 unspecified atom stereocenters. The molecule has 2 heterocycles. The molecule has 1 aliphatic rings. The molecule has 3 nitrogen and oxygen atoms in total. The number of benzene rings is 1. The second-order valence-corrected chi connectivity index (χ2v) is 5.41. The molecule has 0 saturated heterocycles. The Bertz CT molecular complexity index is 614. The van der Waals surface area contributed by atoms with Crippen molar-refractivity contribution in [3.63, 3.8) is 0 Å². The van der Waals surface area contributed by atoms with E-state index in [2.05, 4.69) is 11.1 Å². The summed E-state index contributed by atoms with van der Waals surface area (Å²) in [5.41, 5.74) is 3.20. The molecular weight excluding hydrogens is 238 g/mol. The molecule has 0 amide bonds. The van der Waals surface area contributed by atoms with E-state index in [1.165, 1.54) is 5.56 Å². The van der Waals surface area contributed by atoms with Crippen LogP contribution < -0.4 is 4.74 Å². The summed E-state index contributed by atoms with van der Waals surface area (Å²) in [5, 5.41) is 10.1. The summed E-state index contributed by atoms with van der Waals surface area (Å²) in [5.74, 6) is 0.956. The monoisotopic (exact) mass is 255 g/mol. The SMILES string of the molecule is CC(C)(O)c1cncc(-c2cccc3c2OCC3)c1. The number of hydrogen-bond donors (Lipinski definition) is 1. The number of nitrogens with zero attached hydrogens (tertiary/aromatic N) is 1. The van der Waals surface area contributed by atoms with E-state index in [0.717, 1.165) is 35.5 Å². The van der Waals surface area contributed by atoms with Crippen LogP contribution in [0.3, 0.4) is 0 Å². The van der Waals surface area contributed by atoms with Crippen LogP contribution in [-0.4, -0.2) is 16.7 Å². The molecular formula is C16H17NO2. The Balaban J connectivity index is 2.11. The zero-order valence-electron chi connectivity index (χ0n) is 11.2. The summed E-state index contributed by atoms with van der Waals surface area (Å²) in [6, 6.07) is 8.15. The molecule has 19 heavy (non-hydrogen) atoms. The summed E-state index contributed by atoms with van der Waals surface area (Å²) >= 11 is 0. The van der Waals surface area contributed by atoms with Crippen molar-refractivity contribution in [2.24, 2.45) is 0 Å². The molecule has 1 N–H and O–H groups in total. The molecule has 0 aliphatic carbocycles. The first-order valence-electron chi connectivity index (χ1n) is 6.49. The lowest BCUT2D eigenvalue weighted by Crippen LogP contribution is -2.15. The maximum Gasteiger partial charge on any atom is 0.130 e. The lowest BCUT2D eigenvalue weighted by Gasteiger charge is -2.18. The first-order valence-corrected chi connectivity index (χ1v) is 6.49. The normalized spacial score (nSPS) is 14.1. The Morgan fingerprint density at radius 1 is 1.26 bits per heavy atom. The molecule has 0 fully saturated rings. The van der Waals surface area contributed by atoms with Crippen LogP contribution in [0.5, 0.6) is 5.75 Å². The average molecular weight is 255 g/mol. The maximum absolute atomic E-state index is 10.1. The lowest BCUT2D eigenvalue weighted by molar-refractivity contribution is 0.0783. The fraction of sp³-hybridized carbons (Fsp3) is 0.312. The minimum absolute atomic E-state index is 0.741. The summed E-state index contributed by atoms with van der Waals surface area (Å²) in [6.45, 7) is 4.27. The number of fused-ring (bicyclic) bond motifs is 1. The molecule has 1 aromatic heterocycles. The Labute approximate surface area is 112 Å². The molecule has 1 aliphatic heterocycles. The third-order valence-corrected chi connectivity index (χ3v) is 3.47. The second kappa shape index (κ2) is 4.35. The maximum atomic E-state index is 10.1. The zero-order chi connectivity index (χ0) is 13.5. The van der Waals surface area contributed by atoms with Crippen LogP contribution in [0.25, 0.3) is 11.1 Å². The van der Waals surface area contributed by atoms with Crippen LogP contribution in [0, 0.1) is 0 Å². The van der Waals surface area contributed by atoms with Gasteiger partial charge in [-0.1, -0.05) is 18.2 Å². The fourth-order valence-corrected chi connectivity index (χ4v) is 2.36. The van der Waals surface area contributed by atoms with Gasteiger partial charge < -0.3 is 9.84 Å². The molecule has 98 valence electrons. The number of pyridine rings is 1. The van der Waals surface area contributed by atoms with Crippen molar-refractivity contribution >= 4 is 0 Å². The van der Waals surface area contributed by atoms with E-state index < -0.39 is 5.60 Å². The van der Waals surface area contributed by atoms with Gasteiger partial charge in [-0.05, 0) is 25.5 Å². The van der Waals surface area contributed by atoms with E-state index in [0.29, 0.717) is 0 Å². The van der Waals surface area contributed by atoms with Crippen molar-refractivity contribution in [1.29, 1.82) is 0 Å². The van der Waals surface area contributed by atoms with E-state index in [9.17, 15) is 5.11 Å². The fourth-order valence-electron chi connectivity index (χ4n) is 2.36. The topological polar surface area (TPSA) is 42.4 Å². The number of para-hydroxylation sites is 1. The van der Waals surface area contributed by atoms with Gasteiger partial charge in [-0.25, -0.2) is 0 Å². The number of rotatable bonds is 2. The predicted molar refractivity (Wildman–Crippen MR) is 74.1 cm³/mol. The van der Waals surface area contributed by atoms with Crippen LogP contribution in [-0.2, 0) is 12.0 Å². The molecule has 3 rings (SSSR count). The highest BCUT2D eigenvalue weighted by molar-refractivity contribution is 5.72. The van der Waals surface area contributed by atoms with Crippen LogP contribution >= 0.6 is 0 Å². The van der Waals surface area contributed by atoms with Crippen molar-refractivity contribution in [1.82, 2.24) is 4.98 Å². The Kier molecular flexibility index (Phi) is 2.79. The first kappa shape index (κ1) is 12.2. The highest BCUT2D eigenvalue weighted by Gasteiger charge is 2.20. The third-order valence-electron chi connectivity index (χ3n) is 3.47. The van der Waals surface area contributed by atoms with Crippen molar-refractivity contribution in [2.45, 2.75) is 25.9 Å². The quantitative estimate of drug-likeness (QED) is 0.897. The summed E-state index contributed by atoms with van der Waals surface area (Å²) in [6.07, 6.45) is 4.47. The van der Waals surface area contributed by atoms with E-state index in [1.54, 1.807) is 20.0 Å². The first-order chi connectivity index (χ1) is 9.05. The second-order valence-electron chi connectivity index (χ2n) is 5.41.